The van der Waals surface area contributed by atoms with Gasteiger partial charge in [-0.05, 0) is 36.4 Å². The molecule has 0 unspecified atom stereocenters. The summed E-state index contributed by atoms with van der Waals surface area (Å²) in [5.74, 6) is 0.693. The largest absolute Gasteiger partial charge is 0.487 e. The van der Waals surface area contributed by atoms with E-state index in [1.807, 2.05) is 54.6 Å². The Hall–Kier alpha value is -3.71. The fraction of sp³-hybridized carbons (Fsp3) is 0.0455. The number of para-hydroxylation sites is 2. The first-order valence-electron chi connectivity index (χ1n) is 8.27. The van der Waals surface area contributed by atoms with Gasteiger partial charge in [-0.15, -0.1) is 0 Å². The Kier molecular flexibility index (Phi) is 4.28. The van der Waals surface area contributed by atoms with Crippen LogP contribution < -0.4 is 4.74 Å². The Bertz CT molecular complexity index is 1080. The van der Waals surface area contributed by atoms with Crippen LogP contribution in [0.1, 0.15) is 11.3 Å². The molecule has 124 valence electrons. The summed E-state index contributed by atoms with van der Waals surface area (Å²) >= 11 is 0. The Morgan fingerprint density at radius 1 is 0.769 bits per heavy atom. The summed E-state index contributed by atoms with van der Waals surface area (Å²) in [7, 11) is 0. The van der Waals surface area contributed by atoms with Gasteiger partial charge >= 0.3 is 0 Å². The molecule has 1 heterocycles. The van der Waals surface area contributed by atoms with Crippen molar-refractivity contribution in [2.75, 3.05) is 0 Å². The molecule has 0 radical (unpaired) electrons. The first-order chi connectivity index (χ1) is 12.8. The maximum absolute atomic E-state index is 8.89. The molecule has 0 aliphatic carbocycles. The Balaban J connectivity index is 1.71. The second kappa shape index (κ2) is 7.04. The zero-order valence-corrected chi connectivity index (χ0v) is 14.0. The van der Waals surface area contributed by atoms with Crippen LogP contribution in [-0.2, 0) is 6.61 Å². The van der Waals surface area contributed by atoms with Gasteiger partial charge in [0.25, 0.3) is 0 Å². The van der Waals surface area contributed by atoms with Crippen molar-refractivity contribution >= 4 is 11.0 Å². The van der Waals surface area contributed by atoms with Crippen molar-refractivity contribution in [2.45, 2.75) is 6.61 Å². The molecule has 4 rings (SSSR count). The van der Waals surface area contributed by atoms with Gasteiger partial charge in [0.2, 0.25) is 0 Å². The van der Waals surface area contributed by atoms with Gasteiger partial charge in [0.1, 0.15) is 18.1 Å². The summed E-state index contributed by atoms with van der Waals surface area (Å²) in [4.78, 5) is 9.56. The number of hydrogen-bond donors (Lipinski definition) is 0. The number of benzene rings is 3. The zero-order valence-electron chi connectivity index (χ0n) is 14.0. The first kappa shape index (κ1) is 15.8. The molecular formula is C22H15N3O. The minimum Gasteiger partial charge on any atom is -0.487 e. The highest BCUT2D eigenvalue weighted by Crippen LogP contribution is 2.24. The average Bonchev–Trinajstić information content (AvgIpc) is 2.72. The van der Waals surface area contributed by atoms with Gasteiger partial charge in [0, 0.05) is 5.56 Å². The second-order valence-corrected chi connectivity index (χ2v) is 5.80. The van der Waals surface area contributed by atoms with Crippen LogP contribution in [0.5, 0.6) is 5.75 Å². The van der Waals surface area contributed by atoms with Crippen LogP contribution in [0, 0.1) is 11.3 Å². The topological polar surface area (TPSA) is 58.8 Å². The van der Waals surface area contributed by atoms with Gasteiger partial charge < -0.3 is 4.74 Å². The molecule has 0 saturated carbocycles. The van der Waals surface area contributed by atoms with E-state index in [0.717, 1.165) is 28.0 Å². The van der Waals surface area contributed by atoms with E-state index in [1.54, 1.807) is 24.3 Å². The van der Waals surface area contributed by atoms with Gasteiger partial charge in [0.05, 0.1) is 28.4 Å². The van der Waals surface area contributed by atoms with Crippen molar-refractivity contribution in [3.63, 3.8) is 0 Å². The maximum atomic E-state index is 8.89. The molecule has 0 bridgehead atoms. The number of hydrogen-bond acceptors (Lipinski definition) is 4. The molecule has 0 saturated heterocycles. The lowest BCUT2D eigenvalue weighted by atomic mass is 10.1. The molecule has 4 nitrogen and oxygen atoms in total. The fourth-order valence-electron chi connectivity index (χ4n) is 2.74. The van der Waals surface area contributed by atoms with Gasteiger partial charge in [0.15, 0.2) is 0 Å². The lowest BCUT2D eigenvalue weighted by Gasteiger charge is -2.11. The minimum atomic E-state index is 0.300. The lowest BCUT2D eigenvalue weighted by molar-refractivity contribution is 0.302. The second-order valence-electron chi connectivity index (χ2n) is 5.80. The minimum absolute atomic E-state index is 0.300. The maximum Gasteiger partial charge on any atom is 0.132 e. The monoisotopic (exact) mass is 337 g/mol. The summed E-state index contributed by atoms with van der Waals surface area (Å²) in [6.07, 6.45) is 0. The van der Waals surface area contributed by atoms with Crippen molar-refractivity contribution in [1.82, 2.24) is 9.97 Å². The third-order valence-electron chi connectivity index (χ3n) is 4.05. The number of nitriles is 1. The van der Waals surface area contributed by atoms with Crippen LogP contribution in [-0.4, -0.2) is 9.97 Å². The smallest absolute Gasteiger partial charge is 0.132 e. The Labute approximate surface area is 151 Å². The van der Waals surface area contributed by atoms with Crippen LogP contribution in [0.2, 0.25) is 0 Å². The standard InChI is InChI=1S/C22H15N3O/c23-14-16-10-12-18(13-11-16)26-15-21-22(17-6-2-1-3-7-17)25-20-9-5-4-8-19(20)24-21/h1-13H,15H2. The van der Waals surface area contributed by atoms with Crippen LogP contribution in [0.3, 0.4) is 0 Å². The normalized spacial score (nSPS) is 10.4. The summed E-state index contributed by atoms with van der Waals surface area (Å²) < 4.78 is 5.89. The van der Waals surface area contributed by atoms with Crippen LogP contribution in [0.15, 0.2) is 78.9 Å². The average molecular weight is 337 g/mol. The highest BCUT2D eigenvalue weighted by molar-refractivity contribution is 5.78. The summed E-state index contributed by atoms with van der Waals surface area (Å²) in [6, 6.07) is 26.9. The molecule has 1 aromatic heterocycles. The molecule has 0 amide bonds. The van der Waals surface area contributed by atoms with Gasteiger partial charge in [-0.1, -0.05) is 42.5 Å². The van der Waals surface area contributed by atoms with E-state index in [2.05, 4.69) is 6.07 Å². The summed E-state index contributed by atoms with van der Waals surface area (Å²) in [6.45, 7) is 0.300. The molecule has 0 atom stereocenters. The third-order valence-corrected chi connectivity index (χ3v) is 4.05. The van der Waals surface area contributed by atoms with E-state index in [9.17, 15) is 0 Å². The SMILES string of the molecule is N#Cc1ccc(OCc2nc3ccccc3nc2-c2ccccc2)cc1. The molecule has 0 N–H and O–H groups in total. The summed E-state index contributed by atoms with van der Waals surface area (Å²) in [5.41, 5.74) is 4.90. The molecule has 3 aromatic carbocycles. The molecule has 0 fully saturated rings. The van der Waals surface area contributed by atoms with E-state index in [0.29, 0.717) is 17.9 Å². The Morgan fingerprint density at radius 3 is 2.12 bits per heavy atom. The van der Waals surface area contributed by atoms with E-state index < -0.39 is 0 Å². The molecular weight excluding hydrogens is 322 g/mol. The highest BCUT2D eigenvalue weighted by atomic mass is 16.5. The highest BCUT2D eigenvalue weighted by Gasteiger charge is 2.11. The van der Waals surface area contributed by atoms with Crippen LogP contribution >= 0.6 is 0 Å². The molecule has 0 aliphatic heterocycles. The van der Waals surface area contributed by atoms with Gasteiger partial charge in [-0.3, -0.25) is 0 Å². The van der Waals surface area contributed by atoms with Gasteiger partial charge in [-0.2, -0.15) is 5.26 Å². The van der Waals surface area contributed by atoms with Crippen LogP contribution in [0.4, 0.5) is 0 Å². The van der Waals surface area contributed by atoms with Crippen molar-refractivity contribution < 1.29 is 4.74 Å². The van der Waals surface area contributed by atoms with Crippen molar-refractivity contribution in [2.24, 2.45) is 0 Å². The number of nitrogens with zero attached hydrogens (tertiary/aromatic N) is 3. The molecule has 0 aliphatic rings. The van der Waals surface area contributed by atoms with Crippen molar-refractivity contribution in [1.29, 1.82) is 5.26 Å². The van der Waals surface area contributed by atoms with Crippen molar-refractivity contribution in [3.05, 3.63) is 90.1 Å². The predicted octanol–water partition coefficient (Wildman–Crippen LogP) is 4.75. The molecule has 4 aromatic rings. The van der Waals surface area contributed by atoms with E-state index in [1.165, 1.54) is 0 Å². The number of ether oxygens (including phenoxy) is 1. The van der Waals surface area contributed by atoms with E-state index >= 15 is 0 Å². The van der Waals surface area contributed by atoms with Crippen LogP contribution in [0.25, 0.3) is 22.3 Å². The van der Waals surface area contributed by atoms with Crippen molar-refractivity contribution in [3.8, 4) is 23.1 Å². The quantitative estimate of drug-likeness (QED) is 0.539. The fourth-order valence-corrected chi connectivity index (χ4v) is 2.74. The van der Waals surface area contributed by atoms with E-state index in [4.69, 9.17) is 20.0 Å². The number of aromatic nitrogens is 2. The lowest BCUT2D eigenvalue weighted by Crippen LogP contribution is -2.04. The van der Waals surface area contributed by atoms with E-state index in [-0.39, 0.29) is 0 Å². The molecule has 0 spiro atoms. The zero-order chi connectivity index (χ0) is 17.8. The van der Waals surface area contributed by atoms with Gasteiger partial charge in [-0.25, -0.2) is 9.97 Å². The number of rotatable bonds is 4. The summed E-state index contributed by atoms with van der Waals surface area (Å²) in [5, 5.41) is 8.89. The first-order valence-corrected chi connectivity index (χ1v) is 8.27. The molecule has 4 heteroatoms. The third kappa shape index (κ3) is 3.24. The number of fused-ring (bicyclic) bond motifs is 1. The molecule has 26 heavy (non-hydrogen) atoms. The predicted molar refractivity (Wildman–Crippen MR) is 100 cm³/mol. The Morgan fingerprint density at radius 2 is 1.42 bits per heavy atom.